The van der Waals surface area contributed by atoms with Gasteiger partial charge in [0.2, 0.25) is 0 Å². The molecule has 2 rings (SSSR count). The highest BCUT2D eigenvalue weighted by Crippen LogP contribution is 2.26. The van der Waals surface area contributed by atoms with E-state index in [-0.39, 0.29) is 6.04 Å². The van der Waals surface area contributed by atoms with Crippen LogP contribution in [0, 0.1) is 0 Å². The van der Waals surface area contributed by atoms with Gasteiger partial charge in [0.1, 0.15) is 11.6 Å². The largest absolute Gasteiger partial charge is 0.496 e. The van der Waals surface area contributed by atoms with Crippen LogP contribution in [0.5, 0.6) is 5.75 Å². The Labute approximate surface area is 108 Å². The van der Waals surface area contributed by atoms with Crippen molar-refractivity contribution in [1.29, 1.82) is 0 Å². The number of rotatable bonds is 4. The number of H-pyrrole nitrogens is 1. The van der Waals surface area contributed by atoms with Crippen molar-refractivity contribution in [3.8, 4) is 5.75 Å². The summed E-state index contributed by atoms with van der Waals surface area (Å²) < 4.78 is 6.11. The lowest BCUT2D eigenvalue weighted by Gasteiger charge is -2.10. The summed E-state index contributed by atoms with van der Waals surface area (Å²) in [6.07, 6.45) is 4.22. The Balaban J connectivity index is 2.11. The van der Waals surface area contributed by atoms with E-state index in [0.29, 0.717) is 0 Å². The van der Waals surface area contributed by atoms with Gasteiger partial charge in [-0.2, -0.15) is 0 Å². The molecule has 17 heavy (non-hydrogen) atoms. The minimum atomic E-state index is -0.120. The Kier molecular flexibility index (Phi) is 3.81. The van der Waals surface area contributed by atoms with Crippen LogP contribution in [0.3, 0.4) is 0 Å². The number of aromatic nitrogens is 2. The van der Waals surface area contributed by atoms with Gasteiger partial charge in [-0.25, -0.2) is 4.98 Å². The summed E-state index contributed by atoms with van der Waals surface area (Å²) in [5.74, 6) is 1.62. The van der Waals surface area contributed by atoms with Crippen LogP contribution >= 0.6 is 15.9 Å². The monoisotopic (exact) mass is 295 g/mol. The third kappa shape index (κ3) is 2.87. The topological polar surface area (TPSA) is 63.9 Å². The zero-order chi connectivity index (χ0) is 12.3. The molecule has 0 fully saturated rings. The lowest BCUT2D eigenvalue weighted by Crippen LogP contribution is -2.14. The average molecular weight is 296 g/mol. The molecule has 1 aromatic heterocycles. The van der Waals surface area contributed by atoms with Gasteiger partial charge >= 0.3 is 0 Å². The molecule has 4 nitrogen and oxygen atoms in total. The number of imidazole rings is 1. The molecular formula is C12H14BrN3O. The second-order valence-electron chi connectivity index (χ2n) is 3.75. The van der Waals surface area contributed by atoms with Crippen molar-refractivity contribution in [3.63, 3.8) is 0 Å². The molecule has 1 aromatic carbocycles. The van der Waals surface area contributed by atoms with Crippen LogP contribution in [0.1, 0.15) is 17.4 Å². The van der Waals surface area contributed by atoms with E-state index >= 15 is 0 Å². The molecule has 0 aliphatic heterocycles. The Bertz CT molecular complexity index is 485. The van der Waals surface area contributed by atoms with Crippen LogP contribution < -0.4 is 10.5 Å². The number of nitrogens with zero attached hydrogens (tertiary/aromatic N) is 1. The van der Waals surface area contributed by atoms with E-state index in [1.807, 2.05) is 18.2 Å². The van der Waals surface area contributed by atoms with Gasteiger partial charge < -0.3 is 15.5 Å². The van der Waals surface area contributed by atoms with Gasteiger partial charge in [-0.05, 0) is 40.0 Å². The van der Waals surface area contributed by atoms with E-state index in [0.717, 1.165) is 28.0 Å². The number of methoxy groups -OCH3 is 1. The maximum atomic E-state index is 6.05. The van der Waals surface area contributed by atoms with Crippen molar-refractivity contribution in [2.24, 2.45) is 5.73 Å². The molecule has 0 aliphatic carbocycles. The molecular weight excluding hydrogens is 282 g/mol. The van der Waals surface area contributed by atoms with Crippen LogP contribution in [0.4, 0.5) is 0 Å². The van der Waals surface area contributed by atoms with Crippen molar-refractivity contribution in [2.45, 2.75) is 12.5 Å². The minimum absolute atomic E-state index is 0.120. The molecule has 3 N–H and O–H groups in total. The van der Waals surface area contributed by atoms with Crippen LogP contribution in [0.2, 0.25) is 0 Å². The van der Waals surface area contributed by atoms with Gasteiger partial charge in [0, 0.05) is 12.4 Å². The molecule has 1 atom stereocenters. The molecule has 90 valence electrons. The number of hydrogen-bond donors (Lipinski definition) is 2. The number of benzene rings is 1. The molecule has 0 bridgehead atoms. The zero-order valence-electron chi connectivity index (χ0n) is 9.48. The SMILES string of the molecule is COc1ccc(CC(N)c2ncc[nH]2)cc1Br. The van der Waals surface area contributed by atoms with Gasteiger partial charge in [-0.1, -0.05) is 6.07 Å². The molecule has 0 saturated carbocycles. The maximum absolute atomic E-state index is 6.05. The van der Waals surface area contributed by atoms with Crippen LogP contribution in [-0.2, 0) is 6.42 Å². The van der Waals surface area contributed by atoms with Gasteiger partial charge in [0.05, 0.1) is 17.6 Å². The fraction of sp³-hybridized carbons (Fsp3) is 0.250. The highest BCUT2D eigenvalue weighted by atomic mass is 79.9. The normalized spacial score (nSPS) is 12.4. The Hall–Kier alpha value is -1.33. The molecule has 1 heterocycles. The van der Waals surface area contributed by atoms with Gasteiger partial charge in [-0.3, -0.25) is 0 Å². The second-order valence-corrected chi connectivity index (χ2v) is 4.61. The molecule has 0 radical (unpaired) electrons. The summed E-state index contributed by atoms with van der Waals surface area (Å²) in [5.41, 5.74) is 7.19. The Morgan fingerprint density at radius 2 is 2.35 bits per heavy atom. The number of halogens is 1. The smallest absolute Gasteiger partial charge is 0.133 e. The number of ether oxygens (including phenoxy) is 1. The second kappa shape index (κ2) is 5.33. The van der Waals surface area contributed by atoms with Crippen LogP contribution in [-0.4, -0.2) is 17.1 Å². The molecule has 0 amide bonds. The number of nitrogens with one attached hydrogen (secondary N) is 1. The summed E-state index contributed by atoms with van der Waals surface area (Å²) in [6, 6.07) is 5.83. The predicted molar refractivity (Wildman–Crippen MR) is 69.9 cm³/mol. The molecule has 0 aliphatic rings. The summed E-state index contributed by atoms with van der Waals surface area (Å²) in [5, 5.41) is 0. The van der Waals surface area contributed by atoms with Crippen molar-refractivity contribution in [3.05, 3.63) is 46.5 Å². The Morgan fingerprint density at radius 3 is 2.94 bits per heavy atom. The fourth-order valence-electron chi connectivity index (χ4n) is 1.67. The van der Waals surface area contributed by atoms with Gasteiger partial charge in [0.25, 0.3) is 0 Å². The van der Waals surface area contributed by atoms with Crippen LogP contribution in [0.15, 0.2) is 35.1 Å². The van der Waals surface area contributed by atoms with E-state index in [1.54, 1.807) is 19.5 Å². The first kappa shape index (κ1) is 12.1. The molecule has 1 unspecified atom stereocenters. The first-order valence-electron chi connectivity index (χ1n) is 5.28. The summed E-state index contributed by atoms with van der Waals surface area (Å²) >= 11 is 3.46. The lowest BCUT2D eigenvalue weighted by atomic mass is 10.1. The summed E-state index contributed by atoms with van der Waals surface area (Å²) in [4.78, 5) is 7.17. The van der Waals surface area contributed by atoms with Crippen molar-refractivity contribution < 1.29 is 4.74 Å². The third-order valence-corrected chi connectivity index (χ3v) is 3.16. The van der Waals surface area contributed by atoms with E-state index in [9.17, 15) is 0 Å². The first-order valence-corrected chi connectivity index (χ1v) is 6.07. The number of nitrogens with two attached hydrogens (primary N) is 1. The summed E-state index contributed by atoms with van der Waals surface area (Å²) in [6.45, 7) is 0. The van der Waals surface area contributed by atoms with E-state index in [1.165, 1.54) is 0 Å². The molecule has 5 heteroatoms. The third-order valence-electron chi connectivity index (χ3n) is 2.54. The minimum Gasteiger partial charge on any atom is -0.496 e. The van der Waals surface area contributed by atoms with Crippen molar-refractivity contribution in [1.82, 2.24) is 9.97 Å². The van der Waals surface area contributed by atoms with Gasteiger partial charge in [0.15, 0.2) is 0 Å². The summed E-state index contributed by atoms with van der Waals surface area (Å²) in [7, 11) is 1.65. The maximum Gasteiger partial charge on any atom is 0.133 e. The van der Waals surface area contributed by atoms with E-state index < -0.39 is 0 Å². The molecule has 2 aromatic rings. The lowest BCUT2D eigenvalue weighted by molar-refractivity contribution is 0.412. The highest BCUT2D eigenvalue weighted by molar-refractivity contribution is 9.10. The quantitative estimate of drug-likeness (QED) is 0.910. The van der Waals surface area contributed by atoms with E-state index in [2.05, 4.69) is 25.9 Å². The van der Waals surface area contributed by atoms with E-state index in [4.69, 9.17) is 10.5 Å². The zero-order valence-corrected chi connectivity index (χ0v) is 11.1. The highest BCUT2D eigenvalue weighted by Gasteiger charge is 2.10. The van der Waals surface area contributed by atoms with Crippen molar-refractivity contribution in [2.75, 3.05) is 7.11 Å². The van der Waals surface area contributed by atoms with Gasteiger partial charge in [-0.15, -0.1) is 0 Å². The average Bonchev–Trinajstić information content (AvgIpc) is 2.82. The van der Waals surface area contributed by atoms with Crippen molar-refractivity contribution >= 4 is 15.9 Å². The first-order chi connectivity index (χ1) is 8.20. The Morgan fingerprint density at radius 1 is 1.53 bits per heavy atom. The predicted octanol–water partition coefficient (Wildman–Crippen LogP) is 2.42. The number of hydrogen-bond acceptors (Lipinski definition) is 3. The molecule has 0 saturated heterocycles. The molecule has 0 spiro atoms. The fourth-order valence-corrected chi connectivity index (χ4v) is 2.26. The van der Waals surface area contributed by atoms with Crippen LogP contribution in [0.25, 0.3) is 0 Å². The number of aromatic amines is 1. The standard InChI is InChI=1S/C12H14BrN3O/c1-17-11-3-2-8(6-9(11)13)7-10(14)12-15-4-5-16-12/h2-6,10H,7,14H2,1H3,(H,15,16).